The van der Waals surface area contributed by atoms with Gasteiger partial charge in [-0.05, 0) is 55.4 Å². The molecule has 1 aliphatic rings. The molecule has 0 atom stereocenters. The first-order chi connectivity index (χ1) is 15.2. The van der Waals surface area contributed by atoms with Gasteiger partial charge in [-0.25, -0.2) is 4.98 Å². The Morgan fingerprint density at radius 3 is 2.42 bits per heavy atom. The second kappa shape index (κ2) is 8.54. The summed E-state index contributed by atoms with van der Waals surface area (Å²) in [5.74, 6) is 1.55. The number of nitrogens with zero attached hydrogens (tertiary/aromatic N) is 3. The predicted octanol–water partition coefficient (Wildman–Crippen LogP) is 6.65. The van der Waals surface area contributed by atoms with E-state index in [-0.39, 0.29) is 0 Å². The highest BCUT2D eigenvalue weighted by Crippen LogP contribution is 2.33. The third-order valence-electron chi connectivity index (χ3n) is 6.55. The van der Waals surface area contributed by atoms with Crippen LogP contribution in [0.2, 0.25) is 0 Å². The third kappa shape index (κ3) is 4.34. The van der Waals surface area contributed by atoms with Crippen LogP contribution in [0.25, 0.3) is 22.8 Å². The van der Waals surface area contributed by atoms with E-state index in [1.165, 1.54) is 54.4 Å². The van der Waals surface area contributed by atoms with Crippen LogP contribution in [0.5, 0.6) is 0 Å². The number of nitrogens with one attached hydrogen (secondary N) is 1. The molecule has 2 aromatic carbocycles. The minimum Gasteiger partial charge on any atom is -0.337 e. The van der Waals surface area contributed by atoms with Crippen molar-refractivity contribution in [3.05, 3.63) is 83.2 Å². The van der Waals surface area contributed by atoms with Crippen LogP contribution in [0.4, 0.5) is 0 Å². The van der Waals surface area contributed by atoms with Crippen LogP contribution < -0.4 is 0 Å². The van der Waals surface area contributed by atoms with Gasteiger partial charge in [0.25, 0.3) is 0 Å². The van der Waals surface area contributed by atoms with E-state index in [4.69, 9.17) is 5.10 Å². The van der Waals surface area contributed by atoms with Crippen LogP contribution in [0.1, 0.15) is 60.4 Å². The van der Waals surface area contributed by atoms with Crippen molar-refractivity contribution in [2.75, 3.05) is 0 Å². The molecule has 31 heavy (non-hydrogen) atoms. The molecule has 0 radical (unpaired) electrons. The van der Waals surface area contributed by atoms with E-state index in [2.05, 4.69) is 78.4 Å². The zero-order chi connectivity index (χ0) is 21.2. The molecule has 2 heterocycles. The maximum Gasteiger partial charge on any atom is 0.158 e. The van der Waals surface area contributed by atoms with E-state index in [1.54, 1.807) is 0 Å². The van der Waals surface area contributed by atoms with Gasteiger partial charge in [0.15, 0.2) is 5.82 Å². The maximum atomic E-state index is 4.80. The molecular weight excluding hydrogens is 380 g/mol. The molecule has 5 rings (SSSR count). The largest absolute Gasteiger partial charge is 0.337 e. The van der Waals surface area contributed by atoms with Crippen molar-refractivity contribution in [2.45, 2.75) is 58.4 Å². The highest BCUT2D eigenvalue weighted by atomic mass is 15.3. The maximum absolute atomic E-state index is 4.80. The van der Waals surface area contributed by atoms with Crippen LogP contribution >= 0.6 is 0 Å². The standard InChI is InChI=1S/C27H30N4/c1-19-8-10-21(11-9-19)18-31-20(2)16-25(30-31)27-28-17-26(29-27)24-14-12-23(13-15-24)22-6-4-3-5-7-22/h8-17,22H,3-7,18H2,1-2H3,(H,28,29). The first kappa shape index (κ1) is 19.8. The smallest absolute Gasteiger partial charge is 0.158 e. The molecular formula is C27H30N4. The number of rotatable bonds is 5. The Morgan fingerprint density at radius 2 is 1.68 bits per heavy atom. The molecule has 4 heteroatoms. The zero-order valence-electron chi connectivity index (χ0n) is 18.4. The molecule has 1 N–H and O–H groups in total. The average molecular weight is 411 g/mol. The molecule has 1 aliphatic carbocycles. The van der Waals surface area contributed by atoms with Gasteiger partial charge >= 0.3 is 0 Å². The molecule has 0 saturated heterocycles. The fraction of sp³-hybridized carbons (Fsp3) is 0.333. The van der Waals surface area contributed by atoms with Gasteiger partial charge in [-0.1, -0.05) is 73.4 Å². The molecule has 0 aliphatic heterocycles. The van der Waals surface area contributed by atoms with Gasteiger partial charge < -0.3 is 4.98 Å². The Bertz CT molecular complexity index is 1140. The fourth-order valence-electron chi connectivity index (χ4n) is 4.62. The first-order valence-corrected chi connectivity index (χ1v) is 11.4. The predicted molar refractivity (Wildman–Crippen MR) is 126 cm³/mol. The van der Waals surface area contributed by atoms with Gasteiger partial charge in [0.05, 0.1) is 18.4 Å². The Balaban J connectivity index is 1.33. The van der Waals surface area contributed by atoms with Crippen molar-refractivity contribution in [2.24, 2.45) is 0 Å². The van der Waals surface area contributed by atoms with E-state index in [0.29, 0.717) is 0 Å². The summed E-state index contributed by atoms with van der Waals surface area (Å²) in [5.41, 5.74) is 8.23. The minimum absolute atomic E-state index is 0.737. The highest BCUT2D eigenvalue weighted by molar-refractivity contribution is 5.63. The van der Waals surface area contributed by atoms with E-state index in [1.807, 2.05) is 10.9 Å². The van der Waals surface area contributed by atoms with E-state index < -0.39 is 0 Å². The number of imidazole rings is 1. The Kier molecular flexibility index (Phi) is 5.46. The monoisotopic (exact) mass is 410 g/mol. The van der Waals surface area contributed by atoms with Crippen molar-refractivity contribution < 1.29 is 0 Å². The van der Waals surface area contributed by atoms with E-state index >= 15 is 0 Å². The number of hydrogen-bond donors (Lipinski definition) is 1. The lowest BCUT2D eigenvalue weighted by Crippen LogP contribution is -2.04. The van der Waals surface area contributed by atoms with Crippen molar-refractivity contribution in [1.29, 1.82) is 0 Å². The molecule has 1 fully saturated rings. The summed E-state index contributed by atoms with van der Waals surface area (Å²) in [4.78, 5) is 8.09. The second-order valence-corrected chi connectivity index (χ2v) is 8.92. The lowest BCUT2D eigenvalue weighted by Gasteiger charge is -2.22. The van der Waals surface area contributed by atoms with Gasteiger partial charge in [0.2, 0.25) is 0 Å². The second-order valence-electron chi connectivity index (χ2n) is 8.92. The number of hydrogen-bond acceptors (Lipinski definition) is 2. The van der Waals surface area contributed by atoms with Crippen LogP contribution in [0, 0.1) is 13.8 Å². The summed E-state index contributed by atoms with van der Waals surface area (Å²) in [7, 11) is 0. The van der Waals surface area contributed by atoms with Gasteiger partial charge in [0, 0.05) is 5.69 Å². The first-order valence-electron chi connectivity index (χ1n) is 11.4. The third-order valence-corrected chi connectivity index (χ3v) is 6.55. The van der Waals surface area contributed by atoms with Crippen LogP contribution in [0.3, 0.4) is 0 Å². The number of aromatic amines is 1. The summed E-state index contributed by atoms with van der Waals surface area (Å²) < 4.78 is 2.04. The molecule has 2 aromatic heterocycles. The lowest BCUT2D eigenvalue weighted by molar-refractivity contribution is 0.443. The minimum atomic E-state index is 0.737. The summed E-state index contributed by atoms with van der Waals surface area (Å²) >= 11 is 0. The summed E-state index contributed by atoms with van der Waals surface area (Å²) in [6.45, 7) is 4.97. The molecule has 0 amide bonds. The average Bonchev–Trinajstić information content (AvgIpc) is 3.43. The molecule has 1 saturated carbocycles. The summed E-state index contributed by atoms with van der Waals surface area (Å²) in [5, 5.41) is 4.80. The van der Waals surface area contributed by atoms with E-state index in [0.717, 1.165) is 35.4 Å². The van der Waals surface area contributed by atoms with Crippen molar-refractivity contribution in [1.82, 2.24) is 19.7 Å². The topological polar surface area (TPSA) is 46.5 Å². The Hall–Kier alpha value is -3.14. The van der Waals surface area contributed by atoms with Crippen LogP contribution in [-0.4, -0.2) is 19.7 Å². The number of aromatic nitrogens is 4. The molecule has 0 spiro atoms. The van der Waals surface area contributed by atoms with Crippen LogP contribution in [-0.2, 0) is 6.54 Å². The van der Waals surface area contributed by atoms with Gasteiger partial charge in [0.1, 0.15) is 5.69 Å². The SMILES string of the molecule is Cc1ccc(Cn2nc(-c3ncc(-c4ccc(C5CCCCC5)cc4)[nH]3)cc2C)cc1. The Labute approximate surface area is 184 Å². The van der Waals surface area contributed by atoms with Crippen molar-refractivity contribution >= 4 is 0 Å². The number of aryl methyl sites for hydroxylation is 2. The molecule has 4 nitrogen and oxygen atoms in total. The van der Waals surface area contributed by atoms with Crippen molar-refractivity contribution in [3.63, 3.8) is 0 Å². The number of benzene rings is 2. The number of H-pyrrole nitrogens is 1. The quantitative estimate of drug-likeness (QED) is 0.400. The Morgan fingerprint density at radius 1 is 0.935 bits per heavy atom. The lowest BCUT2D eigenvalue weighted by atomic mass is 9.84. The van der Waals surface area contributed by atoms with Crippen molar-refractivity contribution in [3.8, 4) is 22.8 Å². The molecule has 158 valence electrons. The fourth-order valence-corrected chi connectivity index (χ4v) is 4.62. The molecule has 0 unspecified atom stereocenters. The summed E-state index contributed by atoms with van der Waals surface area (Å²) in [6.07, 6.45) is 8.71. The van der Waals surface area contributed by atoms with Gasteiger partial charge in [-0.15, -0.1) is 0 Å². The molecule has 4 aromatic rings. The van der Waals surface area contributed by atoms with Gasteiger partial charge in [-0.3, -0.25) is 4.68 Å². The van der Waals surface area contributed by atoms with E-state index in [9.17, 15) is 0 Å². The zero-order valence-corrected chi connectivity index (χ0v) is 18.4. The highest BCUT2D eigenvalue weighted by Gasteiger charge is 2.16. The van der Waals surface area contributed by atoms with Crippen LogP contribution in [0.15, 0.2) is 60.8 Å². The molecule has 0 bridgehead atoms. The van der Waals surface area contributed by atoms with Gasteiger partial charge in [-0.2, -0.15) is 5.10 Å². The summed E-state index contributed by atoms with van der Waals surface area (Å²) in [6, 6.07) is 19.8. The normalized spacial score (nSPS) is 14.8.